The number of carbonyl (C=O) groups excluding carboxylic acids is 1. The number of unbranched alkanes of at least 4 members (excludes halogenated alkanes) is 2. The smallest absolute Gasteiger partial charge is 0.141 e. The molecule has 3 nitrogen and oxygen atoms in total. The van der Waals surface area contributed by atoms with Crippen molar-refractivity contribution in [3.8, 4) is 0 Å². The van der Waals surface area contributed by atoms with E-state index in [4.69, 9.17) is 9.84 Å². The second-order valence-corrected chi connectivity index (χ2v) is 7.12. The van der Waals surface area contributed by atoms with Crippen LogP contribution in [0, 0.1) is 11.3 Å². The summed E-state index contributed by atoms with van der Waals surface area (Å²) in [5.74, 6) is 0.869. The molecule has 20 heavy (non-hydrogen) atoms. The third-order valence-corrected chi connectivity index (χ3v) is 4.42. The fourth-order valence-corrected chi connectivity index (χ4v) is 1.95. The fourth-order valence-electron chi connectivity index (χ4n) is 1.95. The fraction of sp³-hybridized carbons (Fsp3) is 0.941. The van der Waals surface area contributed by atoms with Gasteiger partial charge >= 0.3 is 0 Å². The molecule has 0 atom stereocenters. The summed E-state index contributed by atoms with van der Waals surface area (Å²) in [6, 6.07) is 0. The molecule has 0 heterocycles. The van der Waals surface area contributed by atoms with E-state index in [2.05, 4.69) is 13.8 Å². The van der Waals surface area contributed by atoms with Crippen LogP contribution in [0.2, 0.25) is 0 Å². The van der Waals surface area contributed by atoms with Crippen molar-refractivity contribution in [3.05, 3.63) is 0 Å². The molecule has 0 aromatic carbocycles. The van der Waals surface area contributed by atoms with Gasteiger partial charge in [-0.05, 0) is 39.0 Å². The van der Waals surface area contributed by atoms with Gasteiger partial charge in [0.1, 0.15) is 5.78 Å². The van der Waals surface area contributed by atoms with Gasteiger partial charge in [-0.2, -0.15) is 0 Å². The Hall–Kier alpha value is -0.410. The molecule has 1 N–H and O–H groups in total. The lowest BCUT2D eigenvalue weighted by atomic mass is 9.72. The largest absolute Gasteiger partial charge is 0.396 e. The first-order valence-electron chi connectivity index (χ1n) is 7.93. The second kappa shape index (κ2) is 8.78. The summed E-state index contributed by atoms with van der Waals surface area (Å²) in [4.78, 5) is 12.4. The van der Waals surface area contributed by atoms with Crippen LogP contribution in [0.15, 0.2) is 0 Å². The van der Waals surface area contributed by atoms with Crippen LogP contribution in [0.25, 0.3) is 0 Å². The van der Waals surface area contributed by atoms with Gasteiger partial charge in [0, 0.05) is 19.6 Å². The van der Waals surface area contributed by atoms with Gasteiger partial charge < -0.3 is 9.84 Å². The Balaban J connectivity index is 4.37. The molecule has 0 bridgehead atoms. The molecule has 0 amide bonds. The van der Waals surface area contributed by atoms with Crippen molar-refractivity contribution >= 4 is 5.78 Å². The predicted octanol–water partition coefficient (Wildman–Crippen LogP) is 3.98. The van der Waals surface area contributed by atoms with Gasteiger partial charge in [0.25, 0.3) is 0 Å². The summed E-state index contributed by atoms with van der Waals surface area (Å²) in [6.07, 6.45) is 4.13. The highest BCUT2D eigenvalue weighted by Crippen LogP contribution is 2.36. The number of hydrogen-bond donors (Lipinski definition) is 1. The normalized spacial score (nSPS) is 13.0. The average Bonchev–Trinajstić information content (AvgIpc) is 2.33. The van der Waals surface area contributed by atoms with Crippen molar-refractivity contribution in [1.82, 2.24) is 0 Å². The average molecular weight is 286 g/mol. The number of rotatable bonds is 11. The molecule has 0 rings (SSSR count). The molecule has 120 valence electrons. The van der Waals surface area contributed by atoms with Crippen molar-refractivity contribution in [2.24, 2.45) is 11.3 Å². The van der Waals surface area contributed by atoms with Gasteiger partial charge in [-0.1, -0.05) is 34.1 Å². The minimum absolute atomic E-state index is 0.210. The van der Waals surface area contributed by atoms with Crippen LogP contribution in [0.4, 0.5) is 0 Å². The van der Waals surface area contributed by atoms with E-state index in [1.165, 1.54) is 0 Å². The monoisotopic (exact) mass is 286 g/mol. The molecule has 0 radical (unpaired) electrons. The first-order valence-corrected chi connectivity index (χ1v) is 7.93. The van der Waals surface area contributed by atoms with Crippen molar-refractivity contribution in [3.63, 3.8) is 0 Å². The molecule has 0 aliphatic carbocycles. The van der Waals surface area contributed by atoms with Gasteiger partial charge in [0.15, 0.2) is 0 Å². The third kappa shape index (κ3) is 6.36. The van der Waals surface area contributed by atoms with E-state index in [9.17, 15) is 4.79 Å². The molecule has 0 aromatic heterocycles. The molecule has 3 heteroatoms. The highest BCUT2D eigenvalue weighted by Gasteiger charge is 2.43. The highest BCUT2D eigenvalue weighted by molar-refractivity contribution is 5.85. The molecule has 0 aliphatic heterocycles. The Labute approximate surface area is 125 Å². The van der Waals surface area contributed by atoms with Crippen molar-refractivity contribution < 1.29 is 14.6 Å². The molecule has 0 spiro atoms. The van der Waals surface area contributed by atoms with Crippen LogP contribution in [-0.4, -0.2) is 29.7 Å². The standard InChI is InChI=1S/C17H34O3/c1-14(2)11-13-20-17(5,6)16(3,4)15(19)10-8-7-9-12-18/h14,18H,7-13H2,1-6H3. The molecule has 0 aliphatic rings. The minimum Gasteiger partial charge on any atom is -0.396 e. The second-order valence-electron chi connectivity index (χ2n) is 7.12. The van der Waals surface area contributed by atoms with Crippen molar-refractivity contribution in [1.29, 1.82) is 0 Å². The summed E-state index contributed by atoms with van der Waals surface area (Å²) in [5, 5.41) is 8.76. The van der Waals surface area contributed by atoms with Gasteiger partial charge in [0.2, 0.25) is 0 Å². The quantitative estimate of drug-likeness (QED) is 0.584. The number of carbonyl (C=O) groups is 1. The summed E-state index contributed by atoms with van der Waals surface area (Å²) < 4.78 is 5.99. The van der Waals surface area contributed by atoms with E-state index in [-0.39, 0.29) is 12.4 Å². The zero-order valence-electron chi connectivity index (χ0n) is 14.3. The van der Waals surface area contributed by atoms with Crippen LogP contribution in [0.5, 0.6) is 0 Å². The van der Waals surface area contributed by atoms with Gasteiger partial charge in [-0.3, -0.25) is 4.79 Å². The Morgan fingerprint density at radius 2 is 1.70 bits per heavy atom. The molecule has 0 fully saturated rings. The zero-order chi connectivity index (χ0) is 15.8. The molecular weight excluding hydrogens is 252 g/mol. The van der Waals surface area contributed by atoms with Gasteiger partial charge in [-0.15, -0.1) is 0 Å². The van der Waals surface area contributed by atoms with E-state index < -0.39 is 11.0 Å². The highest BCUT2D eigenvalue weighted by atomic mass is 16.5. The summed E-state index contributed by atoms with van der Waals surface area (Å²) >= 11 is 0. The number of ketones is 1. The van der Waals surface area contributed by atoms with Crippen molar-refractivity contribution in [2.45, 2.75) is 79.2 Å². The molecule has 0 saturated carbocycles. The van der Waals surface area contributed by atoms with Gasteiger partial charge in [-0.25, -0.2) is 0 Å². The number of aliphatic hydroxyl groups excluding tert-OH is 1. The lowest BCUT2D eigenvalue weighted by molar-refractivity contribution is -0.149. The van der Waals surface area contributed by atoms with Gasteiger partial charge in [0.05, 0.1) is 11.0 Å². The summed E-state index contributed by atoms with van der Waals surface area (Å²) in [6.45, 7) is 13.3. The predicted molar refractivity (Wildman–Crippen MR) is 83.8 cm³/mol. The Kier molecular flexibility index (Phi) is 8.60. The summed E-state index contributed by atoms with van der Waals surface area (Å²) in [5.41, 5.74) is -0.931. The maximum absolute atomic E-state index is 12.4. The van der Waals surface area contributed by atoms with Crippen molar-refractivity contribution in [2.75, 3.05) is 13.2 Å². The number of hydrogen-bond acceptors (Lipinski definition) is 3. The van der Waals surface area contributed by atoms with E-state index in [1.807, 2.05) is 27.7 Å². The molecule has 0 saturated heterocycles. The van der Waals surface area contributed by atoms with E-state index >= 15 is 0 Å². The number of ether oxygens (including phenoxy) is 1. The first kappa shape index (κ1) is 19.6. The Morgan fingerprint density at radius 1 is 1.10 bits per heavy atom. The maximum Gasteiger partial charge on any atom is 0.141 e. The van der Waals surface area contributed by atoms with Crippen LogP contribution in [-0.2, 0) is 9.53 Å². The van der Waals surface area contributed by atoms with E-state index in [0.717, 1.165) is 25.7 Å². The summed E-state index contributed by atoms with van der Waals surface area (Å²) in [7, 11) is 0. The number of aliphatic hydroxyl groups is 1. The molecular formula is C17H34O3. The van der Waals surface area contributed by atoms with E-state index in [1.54, 1.807) is 0 Å². The van der Waals surface area contributed by atoms with Crippen LogP contribution in [0.3, 0.4) is 0 Å². The zero-order valence-corrected chi connectivity index (χ0v) is 14.3. The lowest BCUT2D eigenvalue weighted by Crippen LogP contribution is -2.47. The van der Waals surface area contributed by atoms with Crippen LogP contribution in [0.1, 0.15) is 73.6 Å². The van der Waals surface area contributed by atoms with Crippen LogP contribution >= 0.6 is 0 Å². The molecule has 0 unspecified atom stereocenters. The SMILES string of the molecule is CC(C)CCOC(C)(C)C(C)(C)C(=O)CCCCCO. The van der Waals surface area contributed by atoms with E-state index in [0.29, 0.717) is 18.9 Å². The Morgan fingerprint density at radius 3 is 2.20 bits per heavy atom. The van der Waals surface area contributed by atoms with Crippen LogP contribution < -0.4 is 0 Å². The molecule has 0 aromatic rings. The topological polar surface area (TPSA) is 46.5 Å². The maximum atomic E-state index is 12.4. The Bertz CT molecular complexity index is 280. The minimum atomic E-state index is -0.483. The third-order valence-electron chi connectivity index (χ3n) is 4.42. The first-order chi connectivity index (χ1) is 9.15. The number of Topliss-reactive ketones (excluding diaryl/α,β-unsaturated/α-hetero) is 1. The lowest BCUT2D eigenvalue weighted by Gasteiger charge is -2.40.